The SMILES string of the molecule is CN=C(NCCC(C)C)NCc1ncc(C(C)(C)C)o1. The molecule has 0 aliphatic rings. The minimum atomic E-state index is -0.0115. The summed E-state index contributed by atoms with van der Waals surface area (Å²) in [7, 11) is 1.76. The van der Waals surface area contributed by atoms with Crippen LogP contribution in [0.4, 0.5) is 0 Å². The Morgan fingerprint density at radius 1 is 1.35 bits per heavy atom. The zero-order chi connectivity index (χ0) is 15.2. The van der Waals surface area contributed by atoms with Gasteiger partial charge in [-0.25, -0.2) is 4.98 Å². The van der Waals surface area contributed by atoms with Gasteiger partial charge in [0.2, 0.25) is 5.89 Å². The van der Waals surface area contributed by atoms with Crippen LogP contribution in [0.25, 0.3) is 0 Å². The number of aromatic nitrogens is 1. The van der Waals surface area contributed by atoms with Crippen molar-refractivity contribution in [2.45, 2.75) is 53.0 Å². The largest absolute Gasteiger partial charge is 0.443 e. The van der Waals surface area contributed by atoms with Crippen molar-refractivity contribution < 1.29 is 4.42 Å². The lowest BCUT2D eigenvalue weighted by Crippen LogP contribution is -2.37. The van der Waals surface area contributed by atoms with Crippen LogP contribution in [0.5, 0.6) is 0 Å². The molecule has 0 atom stereocenters. The third-order valence-electron chi connectivity index (χ3n) is 2.94. The van der Waals surface area contributed by atoms with E-state index in [1.54, 1.807) is 13.2 Å². The van der Waals surface area contributed by atoms with E-state index in [0.29, 0.717) is 18.4 Å². The van der Waals surface area contributed by atoms with Crippen LogP contribution in [0.1, 0.15) is 52.7 Å². The van der Waals surface area contributed by atoms with Crippen LogP contribution in [0.2, 0.25) is 0 Å². The van der Waals surface area contributed by atoms with Gasteiger partial charge in [0.15, 0.2) is 5.96 Å². The molecule has 20 heavy (non-hydrogen) atoms. The first kappa shape index (κ1) is 16.5. The summed E-state index contributed by atoms with van der Waals surface area (Å²) in [4.78, 5) is 8.47. The molecule has 0 aliphatic heterocycles. The topological polar surface area (TPSA) is 62.5 Å². The zero-order valence-electron chi connectivity index (χ0n) is 13.6. The fraction of sp³-hybridized carbons (Fsp3) is 0.733. The summed E-state index contributed by atoms with van der Waals surface area (Å²) in [6.45, 7) is 12.2. The van der Waals surface area contributed by atoms with E-state index in [1.165, 1.54) is 0 Å². The second kappa shape index (κ2) is 7.31. The zero-order valence-corrected chi connectivity index (χ0v) is 13.6. The molecule has 0 spiro atoms. The molecular weight excluding hydrogens is 252 g/mol. The molecule has 1 heterocycles. The fourth-order valence-electron chi connectivity index (χ4n) is 1.60. The lowest BCUT2D eigenvalue weighted by Gasteiger charge is -2.13. The second-order valence-corrected chi connectivity index (χ2v) is 6.40. The van der Waals surface area contributed by atoms with Crippen molar-refractivity contribution in [1.29, 1.82) is 0 Å². The second-order valence-electron chi connectivity index (χ2n) is 6.40. The number of nitrogens with one attached hydrogen (secondary N) is 2. The molecule has 1 aromatic rings. The molecule has 0 saturated heterocycles. The number of rotatable bonds is 5. The summed E-state index contributed by atoms with van der Waals surface area (Å²) < 4.78 is 5.73. The van der Waals surface area contributed by atoms with Crippen molar-refractivity contribution in [1.82, 2.24) is 15.6 Å². The minimum Gasteiger partial charge on any atom is -0.443 e. The van der Waals surface area contributed by atoms with Crippen molar-refractivity contribution in [2.24, 2.45) is 10.9 Å². The van der Waals surface area contributed by atoms with Crippen molar-refractivity contribution in [3.63, 3.8) is 0 Å². The summed E-state index contributed by atoms with van der Waals surface area (Å²) in [5, 5.41) is 6.48. The maximum Gasteiger partial charge on any atom is 0.213 e. The Hall–Kier alpha value is -1.52. The van der Waals surface area contributed by atoms with Crippen LogP contribution in [-0.4, -0.2) is 24.5 Å². The smallest absolute Gasteiger partial charge is 0.213 e. The van der Waals surface area contributed by atoms with Crippen molar-refractivity contribution >= 4 is 5.96 Å². The lowest BCUT2D eigenvalue weighted by atomic mass is 9.94. The maximum atomic E-state index is 5.73. The number of guanidine groups is 1. The first-order valence-corrected chi connectivity index (χ1v) is 7.22. The Kier molecular flexibility index (Phi) is 6.05. The molecular formula is C15H28N4O. The Bertz CT molecular complexity index is 429. The minimum absolute atomic E-state index is 0.0115. The van der Waals surface area contributed by atoms with Crippen molar-refractivity contribution in [3.8, 4) is 0 Å². The maximum absolute atomic E-state index is 5.73. The highest BCUT2D eigenvalue weighted by atomic mass is 16.4. The Labute approximate surface area is 122 Å². The predicted molar refractivity (Wildman–Crippen MR) is 82.9 cm³/mol. The van der Waals surface area contributed by atoms with Crippen molar-refractivity contribution in [2.75, 3.05) is 13.6 Å². The van der Waals surface area contributed by atoms with Crippen LogP contribution >= 0.6 is 0 Å². The van der Waals surface area contributed by atoms with E-state index in [0.717, 1.165) is 24.7 Å². The Balaban J connectivity index is 2.43. The van der Waals surface area contributed by atoms with Gasteiger partial charge in [0.25, 0.3) is 0 Å². The molecule has 5 heteroatoms. The summed E-state index contributed by atoms with van der Waals surface area (Å²) >= 11 is 0. The highest BCUT2D eigenvalue weighted by Gasteiger charge is 2.19. The van der Waals surface area contributed by atoms with E-state index in [2.05, 4.69) is 55.2 Å². The third-order valence-corrected chi connectivity index (χ3v) is 2.94. The lowest BCUT2D eigenvalue weighted by molar-refractivity contribution is 0.379. The molecule has 1 rings (SSSR count). The van der Waals surface area contributed by atoms with Crippen LogP contribution in [0, 0.1) is 5.92 Å². The summed E-state index contributed by atoms with van der Waals surface area (Å²) in [6, 6.07) is 0. The van der Waals surface area contributed by atoms with E-state index >= 15 is 0 Å². The van der Waals surface area contributed by atoms with Gasteiger partial charge in [-0.05, 0) is 12.3 Å². The number of nitrogens with zero attached hydrogens (tertiary/aromatic N) is 2. The molecule has 0 radical (unpaired) electrons. The van der Waals surface area contributed by atoms with E-state index in [-0.39, 0.29) is 5.41 Å². The first-order valence-electron chi connectivity index (χ1n) is 7.22. The summed E-state index contributed by atoms with van der Waals surface area (Å²) in [5.74, 6) is 3.04. The van der Waals surface area contributed by atoms with Gasteiger partial charge in [0.1, 0.15) is 5.76 Å². The van der Waals surface area contributed by atoms with Gasteiger partial charge in [0, 0.05) is 19.0 Å². The molecule has 0 unspecified atom stereocenters. The van der Waals surface area contributed by atoms with Crippen LogP contribution < -0.4 is 10.6 Å². The number of oxazole rings is 1. The molecule has 1 aromatic heterocycles. The molecule has 0 aliphatic carbocycles. The van der Waals surface area contributed by atoms with Crippen LogP contribution in [-0.2, 0) is 12.0 Å². The molecule has 0 amide bonds. The standard InChI is InChI=1S/C15H28N4O/c1-11(2)7-8-17-14(16-6)19-10-13-18-9-12(20-13)15(3,4)5/h9,11H,7-8,10H2,1-6H3,(H2,16,17,19). The van der Waals surface area contributed by atoms with E-state index in [4.69, 9.17) is 4.42 Å². The van der Waals surface area contributed by atoms with Crippen LogP contribution in [0.15, 0.2) is 15.6 Å². The molecule has 114 valence electrons. The van der Waals surface area contributed by atoms with Gasteiger partial charge in [-0.1, -0.05) is 34.6 Å². The van der Waals surface area contributed by atoms with E-state index in [9.17, 15) is 0 Å². The summed E-state index contributed by atoms with van der Waals surface area (Å²) in [6.07, 6.45) is 2.92. The fourth-order valence-corrected chi connectivity index (χ4v) is 1.60. The molecule has 5 nitrogen and oxygen atoms in total. The normalized spacial score (nSPS) is 12.8. The number of aliphatic imine (C=N–C) groups is 1. The highest BCUT2D eigenvalue weighted by Crippen LogP contribution is 2.22. The molecule has 0 saturated carbocycles. The molecule has 2 N–H and O–H groups in total. The van der Waals surface area contributed by atoms with E-state index in [1.807, 2.05) is 0 Å². The first-order chi connectivity index (χ1) is 9.32. The van der Waals surface area contributed by atoms with Gasteiger partial charge in [0.05, 0.1) is 12.7 Å². The quantitative estimate of drug-likeness (QED) is 0.643. The summed E-state index contributed by atoms with van der Waals surface area (Å²) in [5.41, 5.74) is -0.0115. The van der Waals surface area contributed by atoms with Gasteiger partial charge in [-0.15, -0.1) is 0 Å². The predicted octanol–water partition coefficient (Wildman–Crippen LogP) is 2.68. The Morgan fingerprint density at radius 2 is 2.05 bits per heavy atom. The average molecular weight is 280 g/mol. The number of hydrogen-bond donors (Lipinski definition) is 2. The van der Waals surface area contributed by atoms with Crippen molar-refractivity contribution in [3.05, 3.63) is 17.8 Å². The Morgan fingerprint density at radius 3 is 2.55 bits per heavy atom. The van der Waals surface area contributed by atoms with Gasteiger partial charge in [-0.3, -0.25) is 4.99 Å². The number of hydrogen-bond acceptors (Lipinski definition) is 3. The van der Waals surface area contributed by atoms with Crippen LogP contribution in [0.3, 0.4) is 0 Å². The molecule has 0 bridgehead atoms. The average Bonchev–Trinajstić information content (AvgIpc) is 2.81. The van der Waals surface area contributed by atoms with Gasteiger partial charge in [-0.2, -0.15) is 0 Å². The molecule has 0 fully saturated rings. The van der Waals surface area contributed by atoms with Gasteiger partial charge >= 0.3 is 0 Å². The monoisotopic (exact) mass is 280 g/mol. The highest BCUT2D eigenvalue weighted by molar-refractivity contribution is 5.79. The molecule has 0 aromatic carbocycles. The third kappa shape index (κ3) is 5.63. The van der Waals surface area contributed by atoms with Gasteiger partial charge < -0.3 is 15.1 Å². The van der Waals surface area contributed by atoms with E-state index < -0.39 is 0 Å².